The van der Waals surface area contributed by atoms with Crippen LogP contribution in [-0.2, 0) is 6.54 Å². The average Bonchev–Trinajstić information content (AvgIpc) is 2.86. The van der Waals surface area contributed by atoms with Crippen LogP contribution in [0.15, 0.2) is 48.5 Å². The highest BCUT2D eigenvalue weighted by molar-refractivity contribution is 7.73. The lowest BCUT2D eigenvalue weighted by Crippen LogP contribution is -2.00. The summed E-state index contributed by atoms with van der Waals surface area (Å²) in [6.45, 7) is 2.47. The maximum absolute atomic E-state index is 10.6. The molecule has 0 aliphatic heterocycles. The number of para-hydroxylation sites is 1. The van der Waals surface area contributed by atoms with Crippen LogP contribution in [0.1, 0.15) is 11.3 Å². The number of rotatable bonds is 2. The van der Waals surface area contributed by atoms with E-state index in [1.165, 1.54) is 0 Å². The molecule has 0 spiro atoms. The predicted molar refractivity (Wildman–Crippen MR) is 97.9 cm³/mol. The van der Waals surface area contributed by atoms with E-state index in [-0.39, 0.29) is 5.75 Å². The van der Waals surface area contributed by atoms with E-state index < -0.39 is 0 Å². The van der Waals surface area contributed by atoms with Gasteiger partial charge in [0, 0.05) is 16.6 Å². The largest absolute Gasteiger partial charge is 0.505 e. The molecule has 0 aliphatic rings. The number of nitrogens with zero attached hydrogens (tertiary/aromatic N) is 2. The molecule has 0 saturated heterocycles. The summed E-state index contributed by atoms with van der Waals surface area (Å²) in [5.74, 6) is 0.239. The van der Waals surface area contributed by atoms with E-state index in [9.17, 15) is 5.11 Å². The summed E-state index contributed by atoms with van der Waals surface area (Å²) < 4.78 is 4.03. The molecule has 0 atom stereocenters. The molecule has 0 saturated carbocycles. The van der Waals surface area contributed by atoms with Crippen molar-refractivity contribution in [2.45, 2.75) is 13.5 Å². The van der Waals surface area contributed by atoms with Gasteiger partial charge in [0.25, 0.3) is 0 Å². The van der Waals surface area contributed by atoms with Gasteiger partial charge in [-0.2, -0.15) is 0 Å². The number of aryl methyl sites for hydroxylation is 1. The van der Waals surface area contributed by atoms with Gasteiger partial charge in [-0.25, -0.2) is 4.98 Å². The van der Waals surface area contributed by atoms with Crippen LogP contribution < -0.4 is 0 Å². The highest BCUT2D eigenvalue weighted by Gasteiger charge is 2.11. The predicted octanol–water partition coefficient (Wildman–Crippen LogP) is 5.04. The third-order valence-corrected chi connectivity index (χ3v) is 5.39. The van der Waals surface area contributed by atoms with Gasteiger partial charge in [0.1, 0.15) is 11.3 Å². The van der Waals surface area contributed by atoms with E-state index in [0.717, 1.165) is 30.8 Å². The van der Waals surface area contributed by atoms with Gasteiger partial charge < -0.3 is 9.67 Å². The number of pyridine rings is 1. The number of phenols is 1. The Hall–Kier alpha value is -2.24. The fourth-order valence-electron chi connectivity index (χ4n) is 2.77. The summed E-state index contributed by atoms with van der Waals surface area (Å²) in [4.78, 5) is 4.47. The Bertz CT molecular complexity index is 1100. The van der Waals surface area contributed by atoms with Gasteiger partial charge in [-0.15, -0.1) is 11.3 Å². The number of hydrogen-bond donors (Lipinski definition) is 1. The highest BCUT2D eigenvalue weighted by Crippen LogP contribution is 2.30. The van der Waals surface area contributed by atoms with Crippen LogP contribution in [-0.4, -0.2) is 14.7 Å². The fraction of sp³-hybridized carbons (Fsp3) is 0.111. The highest BCUT2D eigenvalue weighted by atomic mass is 32.1. The second kappa shape index (κ2) is 5.44. The third kappa shape index (κ3) is 2.42. The molecule has 4 rings (SSSR count). The molecule has 0 bridgehead atoms. The van der Waals surface area contributed by atoms with E-state index in [0.29, 0.717) is 12.1 Å². The minimum Gasteiger partial charge on any atom is -0.505 e. The molecular formula is C18H14N2OS2. The number of thiazole rings is 1. The summed E-state index contributed by atoms with van der Waals surface area (Å²) in [5.41, 5.74) is 3.46. The molecule has 0 amide bonds. The van der Waals surface area contributed by atoms with Crippen LogP contribution >= 0.6 is 23.6 Å². The van der Waals surface area contributed by atoms with Crippen LogP contribution in [0, 0.1) is 10.9 Å². The molecule has 2 heterocycles. The second-order valence-electron chi connectivity index (χ2n) is 5.52. The zero-order valence-electron chi connectivity index (χ0n) is 12.5. The summed E-state index contributed by atoms with van der Waals surface area (Å²) in [6, 6.07) is 16.0. The van der Waals surface area contributed by atoms with Crippen molar-refractivity contribution in [1.82, 2.24) is 9.55 Å². The Morgan fingerprint density at radius 1 is 1.13 bits per heavy atom. The lowest BCUT2D eigenvalue weighted by Gasteiger charge is -2.10. The molecule has 23 heavy (non-hydrogen) atoms. The van der Waals surface area contributed by atoms with Crippen LogP contribution in [0.2, 0.25) is 0 Å². The quantitative estimate of drug-likeness (QED) is 0.520. The van der Waals surface area contributed by atoms with Crippen molar-refractivity contribution in [3.8, 4) is 5.75 Å². The first-order valence-corrected chi connectivity index (χ1v) is 8.52. The van der Waals surface area contributed by atoms with Crippen molar-refractivity contribution in [2.75, 3.05) is 0 Å². The molecule has 0 aliphatic carbocycles. The summed E-state index contributed by atoms with van der Waals surface area (Å²) in [5, 5.41) is 11.6. The Labute approximate surface area is 142 Å². The van der Waals surface area contributed by atoms with E-state index in [1.807, 2.05) is 43.3 Å². The SMILES string of the molecule is Cc1ccc2ccc(Cn3c(=S)sc4ccccc43)c(O)c2n1. The summed E-state index contributed by atoms with van der Waals surface area (Å²) in [6.07, 6.45) is 0. The van der Waals surface area contributed by atoms with Crippen LogP contribution in [0.3, 0.4) is 0 Å². The Kier molecular flexibility index (Phi) is 3.39. The topological polar surface area (TPSA) is 38.0 Å². The molecule has 2 aromatic heterocycles. The van der Waals surface area contributed by atoms with E-state index in [1.54, 1.807) is 11.3 Å². The molecule has 5 heteroatoms. The van der Waals surface area contributed by atoms with E-state index >= 15 is 0 Å². The number of fused-ring (bicyclic) bond motifs is 2. The first-order chi connectivity index (χ1) is 11.1. The Morgan fingerprint density at radius 3 is 2.78 bits per heavy atom. The van der Waals surface area contributed by atoms with Crippen LogP contribution in [0.25, 0.3) is 21.1 Å². The molecule has 4 aromatic rings. The van der Waals surface area contributed by atoms with Gasteiger partial charge in [0.05, 0.1) is 16.8 Å². The first kappa shape index (κ1) is 14.4. The minimum absolute atomic E-state index is 0.239. The lowest BCUT2D eigenvalue weighted by atomic mass is 10.1. The number of phenolic OH excluding ortho intramolecular Hbond substituents is 1. The normalized spacial score (nSPS) is 11.3. The zero-order valence-corrected chi connectivity index (χ0v) is 14.1. The van der Waals surface area contributed by atoms with E-state index in [2.05, 4.69) is 21.7 Å². The smallest absolute Gasteiger partial charge is 0.162 e. The molecule has 114 valence electrons. The average molecular weight is 338 g/mol. The molecule has 0 fully saturated rings. The van der Waals surface area contributed by atoms with Gasteiger partial charge in [-0.05, 0) is 37.3 Å². The Balaban J connectivity index is 1.88. The molecule has 3 nitrogen and oxygen atoms in total. The number of aromatic nitrogens is 2. The number of benzene rings is 2. The summed E-state index contributed by atoms with van der Waals surface area (Å²) in [7, 11) is 0. The van der Waals surface area contributed by atoms with Gasteiger partial charge in [-0.3, -0.25) is 0 Å². The first-order valence-electron chi connectivity index (χ1n) is 7.30. The summed E-state index contributed by atoms with van der Waals surface area (Å²) >= 11 is 7.09. The van der Waals surface area contributed by atoms with Crippen molar-refractivity contribution in [3.63, 3.8) is 0 Å². The maximum atomic E-state index is 10.6. The van der Waals surface area contributed by atoms with Crippen LogP contribution in [0.4, 0.5) is 0 Å². The van der Waals surface area contributed by atoms with Crippen molar-refractivity contribution >= 4 is 44.7 Å². The monoisotopic (exact) mass is 338 g/mol. The maximum Gasteiger partial charge on any atom is 0.162 e. The molecular weight excluding hydrogens is 324 g/mol. The number of aromatic hydroxyl groups is 1. The minimum atomic E-state index is 0.239. The third-order valence-electron chi connectivity index (χ3n) is 3.96. The van der Waals surface area contributed by atoms with Crippen molar-refractivity contribution in [2.24, 2.45) is 0 Å². The van der Waals surface area contributed by atoms with Gasteiger partial charge in [0.2, 0.25) is 0 Å². The van der Waals surface area contributed by atoms with E-state index in [4.69, 9.17) is 12.2 Å². The standard InChI is InChI=1S/C18H14N2OS2/c1-11-6-7-12-8-9-13(17(21)16(12)19-11)10-20-14-4-2-3-5-15(14)23-18(20)22/h2-9,21H,10H2,1H3. The van der Waals surface area contributed by atoms with Crippen LogP contribution in [0.5, 0.6) is 5.75 Å². The Morgan fingerprint density at radius 2 is 1.91 bits per heavy atom. The van der Waals surface area contributed by atoms with Gasteiger partial charge in [-0.1, -0.05) is 30.3 Å². The molecule has 2 aromatic carbocycles. The van der Waals surface area contributed by atoms with Crippen molar-refractivity contribution in [3.05, 3.63) is 63.7 Å². The molecule has 0 radical (unpaired) electrons. The lowest BCUT2D eigenvalue weighted by molar-refractivity contribution is 0.471. The number of hydrogen-bond acceptors (Lipinski definition) is 4. The fourth-order valence-corrected chi connectivity index (χ4v) is 4.10. The van der Waals surface area contributed by atoms with Crippen molar-refractivity contribution in [1.29, 1.82) is 0 Å². The second-order valence-corrected chi connectivity index (χ2v) is 7.20. The van der Waals surface area contributed by atoms with Crippen molar-refractivity contribution < 1.29 is 5.11 Å². The van der Waals surface area contributed by atoms with Gasteiger partial charge >= 0.3 is 0 Å². The molecule has 1 N–H and O–H groups in total. The zero-order chi connectivity index (χ0) is 16.0. The van der Waals surface area contributed by atoms with Gasteiger partial charge in [0.15, 0.2) is 3.95 Å². The molecule has 0 unspecified atom stereocenters.